The highest BCUT2D eigenvalue weighted by Gasteiger charge is 2.20. The summed E-state index contributed by atoms with van der Waals surface area (Å²) < 4.78 is 44.7. The third-order valence-corrected chi connectivity index (χ3v) is 6.93. The van der Waals surface area contributed by atoms with E-state index >= 15 is 0 Å². The second-order valence-corrected chi connectivity index (χ2v) is 9.69. The Labute approximate surface area is 196 Å². The zero-order valence-corrected chi connectivity index (χ0v) is 19.1. The molecule has 3 aromatic carbocycles. The van der Waals surface area contributed by atoms with Crippen LogP contribution in [0.5, 0.6) is 11.5 Å². The summed E-state index contributed by atoms with van der Waals surface area (Å²) in [7, 11) is -3.85. The molecule has 0 bridgehead atoms. The molecule has 0 spiro atoms. The highest BCUT2D eigenvalue weighted by Crippen LogP contribution is 2.32. The van der Waals surface area contributed by atoms with E-state index in [-0.39, 0.29) is 23.8 Å². The monoisotopic (exact) mass is 478 g/mol. The van der Waals surface area contributed by atoms with Crippen LogP contribution in [-0.2, 0) is 16.6 Å². The van der Waals surface area contributed by atoms with Gasteiger partial charge in [0.2, 0.25) is 16.8 Å². The van der Waals surface area contributed by atoms with Crippen LogP contribution >= 0.6 is 0 Å². The molecule has 0 aliphatic carbocycles. The zero-order valence-electron chi connectivity index (χ0n) is 18.3. The average molecular weight is 479 g/mol. The van der Waals surface area contributed by atoms with Crippen LogP contribution in [0, 0.1) is 0 Å². The third-order valence-electron chi connectivity index (χ3n) is 5.53. The Bertz CT molecular complexity index is 1440. The van der Waals surface area contributed by atoms with Gasteiger partial charge in [0.1, 0.15) is 11.3 Å². The van der Waals surface area contributed by atoms with Gasteiger partial charge in [0.05, 0.1) is 10.9 Å². The zero-order chi connectivity index (χ0) is 23.7. The van der Waals surface area contributed by atoms with Crippen molar-refractivity contribution in [2.75, 3.05) is 6.79 Å². The van der Waals surface area contributed by atoms with Gasteiger partial charge in [-0.1, -0.05) is 30.3 Å². The molecule has 2 heterocycles. The molecule has 0 saturated heterocycles. The largest absolute Gasteiger partial charge is 0.459 e. The highest BCUT2D eigenvalue weighted by molar-refractivity contribution is 7.89. The predicted molar refractivity (Wildman–Crippen MR) is 125 cm³/mol. The van der Waals surface area contributed by atoms with Crippen molar-refractivity contribution in [3.8, 4) is 11.5 Å². The smallest absolute Gasteiger partial charge is 0.251 e. The lowest BCUT2D eigenvalue weighted by Gasteiger charge is -2.12. The molecular formula is C25H22N2O6S. The quantitative estimate of drug-likeness (QED) is 0.414. The summed E-state index contributed by atoms with van der Waals surface area (Å²) in [5.74, 6) is 1.42. The molecule has 5 rings (SSSR count). The molecule has 1 aliphatic heterocycles. The first-order valence-electron chi connectivity index (χ1n) is 10.7. The van der Waals surface area contributed by atoms with Crippen LogP contribution in [0.3, 0.4) is 0 Å². The number of hydrogen-bond acceptors (Lipinski definition) is 6. The fourth-order valence-electron chi connectivity index (χ4n) is 3.68. The second-order valence-electron chi connectivity index (χ2n) is 7.92. The van der Waals surface area contributed by atoms with Gasteiger partial charge in [0.15, 0.2) is 11.5 Å². The van der Waals surface area contributed by atoms with Gasteiger partial charge in [-0.2, -0.15) is 0 Å². The number of fused-ring (bicyclic) bond motifs is 2. The van der Waals surface area contributed by atoms with E-state index in [1.165, 1.54) is 18.2 Å². The van der Waals surface area contributed by atoms with Crippen LogP contribution in [0.2, 0.25) is 0 Å². The third kappa shape index (κ3) is 4.48. The molecule has 174 valence electrons. The molecule has 2 N–H and O–H groups in total. The molecule has 9 heteroatoms. The standard InChI is InChI=1S/C25H22N2O6S/c1-16(23-13-18-5-2-3-8-21(18)33-23)27-25(28)19-6-4-7-20(12-19)34(29,30)26-14-17-9-10-22-24(11-17)32-15-31-22/h2-13,16,26H,14-15H2,1H3,(H,27,28). The molecule has 1 amide bonds. The first-order chi connectivity index (χ1) is 16.4. The van der Waals surface area contributed by atoms with E-state index in [0.717, 1.165) is 16.5 Å². The fraction of sp³-hybridized carbons (Fsp3) is 0.160. The lowest BCUT2D eigenvalue weighted by molar-refractivity contribution is 0.0935. The van der Waals surface area contributed by atoms with Crippen molar-refractivity contribution in [1.82, 2.24) is 10.0 Å². The molecule has 1 atom stereocenters. The lowest BCUT2D eigenvalue weighted by atomic mass is 10.1. The van der Waals surface area contributed by atoms with Crippen molar-refractivity contribution in [2.24, 2.45) is 0 Å². The van der Waals surface area contributed by atoms with Crippen molar-refractivity contribution >= 4 is 26.9 Å². The van der Waals surface area contributed by atoms with Gasteiger partial charge in [-0.25, -0.2) is 13.1 Å². The number of para-hydroxylation sites is 1. The number of amides is 1. The number of sulfonamides is 1. The van der Waals surface area contributed by atoms with Gasteiger partial charge in [-0.15, -0.1) is 0 Å². The molecule has 0 fully saturated rings. The van der Waals surface area contributed by atoms with E-state index in [2.05, 4.69) is 10.0 Å². The Hall–Kier alpha value is -3.82. The number of carbonyl (C=O) groups excluding carboxylic acids is 1. The maximum atomic E-state index is 12.8. The molecule has 0 radical (unpaired) electrons. The number of ether oxygens (including phenoxy) is 2. The summed E-state index contributed by atoms with van der Waals surface area (Å²) in [5.41, 5.74) is 1.69. The minimum atomic E-state index is -3.85. The van der Waals surface area contributed by atoms with Crippen molar-refractivity contribution < 1.29 is 27.1 Å². The van der Waals surface area contributed by atoms with Crippen molar-refractivity contribution in [3.63, 3.8) is 0 Å². The van der Waals surface area contributed by atoms with Crippen LogP contribution in [0.4, 0.5) is 0 Å². The second kappa shape index (κ2) is 8.85. The van der Waals surface area contributed by atoms with Crippen molar-refractivity contribution in [3.05, 3.63) is 89.7 Å². The van der Waals surface area contributed by atoms with E-state index in [9.17, 15) is 13.2 Å². The van der Waals surface area contributed by atoms with Crippen LogP contribution in [0.1, 0.15) is 34.6 Å². The molecular weight excluding hydrogens is 456 g/mol. The van der Waals surface area contributed by atoms with E-state index in [0.29, 0.717) is 17.3 Å². The molecule has 8 nitrogen and oxygen atoms in total. The Morgan fingerprint density at radius 1 is 0.971 bits per heavy atom. The minimum absolute atomic E-state index is 0.00252. The van der Waals surface area contributed by atoms with Gasteiger partial charge in [0, 0.05) is 17.5 Å². The number of rotatable bonds is 7. The molecule has 1 aliphatic rings. The van der Waals surface area contributed by atoms with Gasteiger partial charge in [-0.05, 0) is 55.0 Å². The number of furan rings is 1. The van der Waals surface area contributed by atoms with Gasteiger partial charge >= 0.3 is 0 Å². The van der Waals surface area contributed by atoms with E-state index in [1.54, 1.807) is 24.3 Å². The minimum Gasteiger partial charge on any atom is -0.459 e. The Morgan fingerprint density at radius 2 is 1.79 bits per heavy atom. The van der Waals surface area contributed by atoms with E-state index < -0.39 is 22.0 Å². The molecule has 0 saturated carbocycles. The van der Waals surface area contributed by atoms with Gasteiger partial charge in [-0.3, -0.25) is 4.79 Å². The number of nitrogens with one attached hydrogen (secondary N) is 2. The first kappa shape index (κ1) is 22.0. The summed E-state index contributed by atoms with van der Waals surface area (Å²) in [6.07, 6.45) is 0. The number of hydrogen-bond donors (Lipinski definition) is 2. The van der Waals surface area contributed by atoms with Crippen molar-refractivity contribution in [2.45, 2.75) is 24.4 Å². The van der Waals surface area contributed by atoms with Crippen LogP contribution < -0.4 is 19.5 Å². The van der Waals surface area contributed by atoms with Gasteiger partial charge < -0.3 is 19.2 Å². The Morgan fingerprint density at radius 3 is 2.65 bits per heavy atom. The van der Waals surface area contributed by atoms with Crippen molar-refractivity contribution in [1.29, 1.82) is 0 Å². The lowest BCUT2D eigenvalue weighted by Crippen LogP contribution is -2.27. The summed E-state index contributed by atoms with van der Waals surface area (Å²) in [5, 5.41) is 3.80. The molecule has 4 aromatic rings. The molecule has 34 heavy (non-hydrogen) atoms. The topological polar surface area (TPSA) is 107 Å². The summed E-state index contributed by atoms with van der Waals surface area (Å²) >= 11 is 0. The Kier molecular flexibility index (Phi) is 5.72. The predicted octanol–water partition coefficient (Wildman–Crippen LogP) is 4.13. The average Bonchev–Trinajstić information content (AvgIpc) is 3.49. The van der Waals surface area contributed by atoms with Crippen LogP contribution in [0.25, 0.3) is 11.0 Å². The summed E-state index contributed by atoms with van der Waals surface area (Å²) in [6, 6.07) is 20.2. The molecule has 1 unspecified atom stereocenters. The number of carbonyl (C=O) groups is 1. The molecule has 1 aromatic heterocycles. The van der Waals surface area contributed by atoms with Gasteiger partial charge in [0.25, 0.3) is 5.91 Å². The maximum absolute atomic E-state index is 12.8. The summed E-state index contributed by atoms with van der Waals surface area (Å²) in [4.78, 5) is 12.8. The normalized spacial score (nSPS) is 13.7. The highest BCUT2D eigenvalue weighted by atomic mass is 32.2. The summed E-state index contributed by atoms with van der Waals surface area (Å²) in [6.45, 7) is 2.02. The van der Waals surface area contributed by atoms with Crippen LogP contribution in [0.15, 0.2) is 82.1 Å². The Balaban J connectivity index is 1.27. The first-order valence-corrected chi connectivity index (χ1v) is 12.1. The van der Waals surface area contributed by atoms with E-state index in [4.69, 9.17) is 13.9 Å². The fourth-order valence-corrected chi connectivity index (χ4v) is 4.75. The maximum Gasteiger partial charge on any atom is 0.251 e. The number of benzene rings is 3. The van der Waals surface area contributed by atoms with Crippen LogP contribution in [-0.4, -0.2) is 21.1 Å². The van der Waals surface area contributed by atoms with E-state index in [1.807, 2.05) is 37.3 Å². The SMILES string of the molecule is CC(NC(=O)c1cccc(S(=O)(=O)NCc2ccc3c(c2)OCO3)c1)c1cc2ccccc2o1.